The molecular weight excluding hydrogens is 672 g/mol. The lowest BCUT2D eigenvalue weighted by atomic mass is 9.98. The highest BCUT2D eigenvalue weighted by molar-refractivity contribution is 5.88. The number of carbonyl (C=O) groups excluding carboxylic acids is 2. The van der Waals surface area contributed by atoms with Crippen molar-refractivity contribution >= 4 is 40.6 Å². The summed E-state index contributed by atoms with van der Waals surface area (Å²) in [6.07, 6.45) is 0.835. The van der Waals surface area contributed by atoms with Gasteiger partial charge in [0.15, 0.2) is 0 Å². The highest BCUT2D eigenvalue weighted by atomic mass is 16.6. The Morgan fingerprint density at radius 2 is 1.48 bits per heavy atom. The van der Waals surface area contributed by atoms with Crippen molar-refractivity contribution in [1.82, 2.24) is 0 Å². The summed E-state index contributed by atoms with van der Waals surface area (Å²) in [5, 5.41) is 34.9. The van der Waals surface area contributed by atoms with Gasteiger partial charge in [0.05, 0.1) is 28.4 Å². The Bertz CT molecular complexity index is 1870. The number of nitro groups is 2. The number of fused-ring (bicyclic) bond motifs is 3. The number of aliphatic carboxylic acids is 1. The number of carboxylic acid groups (broad SMARTS) is 1. The van der Waals surface area contributed by atoms with Crippen molar-refractivity contribution in [2.24, 2.45) is 5.92 Å². The van der Waals surface area contributed by atoms with Gasteiger partial charge in [-0.3, -0.25) is 34.7 Å². The number of unbranched alkanes of at least 4 members (excludes halogenated alkanes) is 2. The highest BCUT2D eigenvalue weighted by Crippen LogP contribution is 2.44. The molecule has 1 aliphatic rings. The number of carbonyl (C=O) groups is 3. The summed E-state index contributed by atoms with van der Waals surface area (Å²) in [7, 11) is 0. The normalized spacial score (nSPS) is 12.3. The third-order valence-electron chi connectivity index (χ3n) is 8.82. The average Bonchev–Trinajstić information content (AvgIpc) is 3.46. The van der Waals surface area contributed by atoms with Crippen molar-refractivity contribution in [3.05, 3.63) is 128 Å². The van der Waals surface area contributed by atoms with Gasteiger partial charge in [0.25, 0.3) is 11.4 Å². The maximum Gasteiger partial charge on any atom is 0.416 e. The van der Waals surface area contributed by atoms with Gasteiger partial charge < -0.3 is 19.9 Å². The summed E-state index contributed by atoms with van der Waals surface area (Å²) in [6, 6.07) is 28.1. The Morgan fingerprint density at radius 1 is 0.827 bits per heavy atom. The highest BCUT2D eigenvalue weighted by Gasteiger charge is 2.30. The van der Waals surface area contributed by atoms with Crippen molar-refractivity contribution in [2.45, 2.75) is 38.0 Å². The van der Waals surface area contributed by atoms with Crippen LogP contribution in [0.1, 0.15) is 49.1 Å². The molecule has 4 aromatic rings. The molecule has 2 N–H and O–H groups in total. The number of hydrogen-bond donors (Lipinski definition) is 2. The van der Waals surface area contributed by atoms with E-state index >= 15 is 0 Å². The minimum Gasteiger partial charge on any atom is -0.481 e. The summed E-state index contributed by atoms with van der Waals surface area (Å²) in [5.41, 5.74) is 4.20. The van der Waals surface area contributed by atoms with Gasteiger partial charge in [0.1, 0.15) is 24.8 Å². The minimum atomic E-state index is -1.20. The summed E-state index contributed by atoms with van der Waals surface area (Å²) < 4.78 is 11.6. The fourth-order valence-corrected chi connectivity index (χ4v) is 6.17. The zero-order valence-corrected chi connectivity index (χ0v) is 28.2. The third kappa shape index (κ3) is 9.34. The number of amides is 1. The molecule has 0 radical (unpaired) electrons. The van der Waals surface area contributed by atoms with Gasteiger partial charge in [-0.2, -0.15) is 0 Å². The number of non-ortho nitro benzene ring substituents is 1. The Morgan fingerprint density at radius 3 is 2.12 bits per heavy atom. The zero-order valence-electron chi connectivity index (χ0n) is 28.2. The van der Waals surface area contributed by atoms with Crippen LogP contribution in [0.3, 0.4) is 0 Å². The largest absolute Gasteiger partial charge is 0.481 e. The number of ether oxygens (including phenoxy) is 2. The summed E-state index contributed by atoms with van der Waals surface area (Å²) in [4.78, 5) is 60.3. The van der Waals surface area contributed by atoms with Crippen LogP contribution >= 0.6 is 0 Å². The van der Waals surface area contributed by atoms with E-state index in [0.29, 0.717) is 31.5 Å². The minimum absolute atomic E-state index is 0.0927. The molecule has 0 unspecified atom stereocenters. The Kier molecular flexibility index (Phi) is 12.6. The van der Waals surface area contributed by atoms with Crippen LogP contribution in [0.25, 0.3) is 11.1 Å². The molecule has 0 saturated carbocycles. The Hall–Kier alpha value is -6.15. The van der Waals surface area contributed by atoms with Crippen LogP contribution in [-0.4, -0.2) is 59.3 Å². The molecule has 0 fully saturated rings. The van der Waals surface area contributed by atoms with Crippen LogP contribution < -0.4 is 10.2 Å². The molecule has 14 nitrogen and oxygen atoms in total. The monoisotopic (exact) mass is 710 g/mol. The summed E-state index contributed by atoms with van der Waals surface area (Å²) in [5.74, 6) is -2.73. The maximum atomic E-state index is 13.5. The number of nitrogens with one attached hydrogen (secondary N) is 1. The van der Waals surface area contributed by atoms with Gasteiger partial charge in [-0.05, 0) is 53.3 Å². The molecule has 0 heterocycles. The number of hydrogen-bond acceptors (Lipinski definition) is 10. The van der Waals surface area contributed by atoms with E-state index in [1.165, 1.54) is 17.0 Å². The first-order valence-corrected chi connectivity index (χ1v) is 16.8. The smallest absolute Gasteiger partial charge is 0.416 e. The van der Waals surface area contributed by atoms with Crippen LogP contribution in [0, 0.1) is 26.1 Å². The van der Waals surface area contributed by atoms with E-state index in [4.69, 9.17) is 9.47 Å². The maximum absolute atomic E-state index is 13.5. The van der Waals surface area contributed by atoms with Crippen molar-refractivity contribution in [2.75, 3.05) is 36.7 Å². The first-order valence-electron chi connectivity index (χ1n) is 16.8. The second-order valence-electron chi connectivity index (χ2n) is 12.3. The van der Waals surface area contributed by atoms with Gasteiger partial charge >= 0.3 is 12.1 Å². The number of benzene rings is 4. The van der Waals surface area contributed by atoms with Crippen molar-refractivity contribution in [3.8, 4) is 11.1 Å². The molecule has 1 amide bonds. The lowest BCUT2D eigenvalue weighted by molar-refractivity contribution is -0.393. The number of anilines is 2. The van der Waals surface area contributed by atoms with Crippen LogP contribution in [0.4, 0.5) is 27.5 Å². The summed E-state index contributed by atoms with van der Waals surface area (Å²) >= 11 is 0. The molecule has 0 aliphatic heterocycles. The molecule has 0 bridgehead atoms. The first kappa shape index (κ1) is 37.1. The number of Topliss-reactive ketones (excluding diaryl/α,β-unsaturated/α-hetero) is 1. The molecule has 0 aromatic heterocycles. The molecule has 270 valence electrons. The lowest BCUT2D eigenvalue weighted by Gasteiger charge is -2.24. The molecule has 1 atom stereocenters. The summed E-state index contributed by atoms with van der Waals surface area (Å²) in [6.45, 7) is -0.174. The molecule has 5 rings (SSSR count). The fourth-order valence-electron chi connectivity index (χ4n) is 6.17. The van der Waals surface area contributed by atoms with Crippen LogP contribution in [0.15, 0.2) is 97.1 Å². The molecule has 0 saturated heterocycles. The van der Waals surface area contributed by atoms with Crippen LogP contribution in [-0.2, 0) is 19.1 Å². The number of carboxylic acids is 1. The standard InChI is InChI=1S/C38H38N4O10/c43-29(13-5-2-10-20-39-35-19-18-28(41(47)48)22-36(35)42(49)50)21-26(37(44)45)23-51-25-40(27-11-3-1-4-12-27)38(46)52-24-34-32-16-8-6-14-30(32)31-15-7-9-17-33(31)34/h1,3-4,6-9,11-12,14-19,22,26,34,39H,2,5,10,13,20-21,23-25H2,(H,44,45)/t26-/m0/s1. The van der Waals surface area contributed by atoms with E-state index < -0.39 is 33.5 Å². The molecule has 14 heteroatoms. The number of nitrogens with zero attached hydrogens (tertiary/aromatic N) is 3. The second kappa shape index (κ2) is 17.7. The predicted molar refractivity (Wildman–Crippen MR) is 192 cm³/mol. The van der Waals surface area contributed by atoms with Crippen LogP contribution in [0.5, 0.6) is 0 Å². The Balaban J connectivity index is 1.08. The Labute approximate surface area is 299 Å². The molecular formula is C38H38N4O10. The lowest BCUT2D eigenvalue weighted by Crippen LogP contribution is -2.36. The van der Waals surface area contributed by atoms with Gasteiger partial charge in [-0.25, -0.2) is 4.79 Å². The molecule has 52 heavy (non-hydrogen) atoms. The zero-order chi connectivity index (χ0) is 37.0. The number of rotatable bonds is 19. The van der Waals surface area contributed by atoms with Crippen molar-refractivity contribution < 1.29 is 38.8 Å². The molecule has 0 spiro atoms. The SMILES string of the molecule is O=C(CCCCCNc1ccc([N+](=O)[O-])cc1[N+](=O)[O-])C[C@@H](COCN(C(=O)OCC1c2ccccc2-c2ccccc21)c1ccccc1)C(=O)O. The van der Waals surface area contributed by atoms with E-state index in [1.54, 1.807) is 30.3 Å². The average molecular weight is 711 g/mol. The number of nitro benzene ring substituents is 2. The second-order valence-corrected chi connectivity index (χ2v) is 12.3. The first-order chi connectivity index (χ1) is 25.1. The van der Waals surface area contributed by atoms with E-state index in [9.17, 15) is 39.7 Å². The van der Waals surface area contributed by atoms with Gasteiger partial charge in [0.2, 0.25) is 0 Å². The number of para-hydroxylation sites is 1. The van der Waals surface area contributed by atoms with E-state index in [2.05, 4.69) is 5.32 Å². The van der Waals surface area contributed by atoms with Crippen LogP contribution in [0.2, 0.25) is 0 Å². The van der Waals surface area contributed by atoms with Gasteiger partial charge in [-0.15, -0.1) is 0 Å². The molecule has 1 aliphatic carbocycles. The quantitative estimate of drug-likeness (QED) is 0.0422. The topological polar surface area (TPSA) is 191 Å². The van der Waals surface area contributed by atoms with Crippen molar-refractivity contribution in [3.63, 3.8) is 0 Å². The third-order valence-corrected chi connectivity index (χ3v) is 8.82. The van der Waals surface area contributed by atoms with E-state index in [0.717, 1.165) is 28.3 Å². The number of ketones is 1. The van der Waals surface area contributed by atoms with E-state index in [-0.39, 0.29) is 55.9 Å². The predicted octanol–water partition coefficient (Wildman–Crippen LogP) is 7.57. The van der Waals surface area contributed by atoms with Gasteiger partial charge in [-0.1, -0.05) is 73.2 Å². The fraction of sp³-hybridized carbons (Fsp3) is 0.289. The molecule has 4 aromatic carbocycles. The van der Waals surface area contributed by atoms with Gasteiger partial charge in [0, 0.05) is 37.1 Å². The van der Waals surface area contributed by atoms with E-state index in [1.807, 2.05) is 48.5 Å². The van der Waals surface area contributed by atoms with Crippen molar-refractivity contribution in [1.29, 1.82) is 0 Å².